The quantitative estimate of drug-likeness (QED) is 0.172. The van der Waals surface area contributed by atoms with Crippen molar-refractivity contribution in [2.75, 3.05) is 13.2 Å². The molecule has 0 fully saturated rings. The van der Waals surface area contributed by atoms with E-state index < -0.39 is 73.6 Å². The van der Waals surface area contributed by atoms with Gasteiger partial charge in [-0.15, -0.1) is 0 Å². The Morgan fingerprint density at radius 3 is 2.12 bits per heavy atom. The van der Waals surface area contributed by atoms with Gasteiger partial charge in [-0.3, -0.25) is 4.79 Å². The fourth-order valence-electron chi connectivity index (χ4n) is 2.63. The van der Waals surface area contributed by atoms with Crippen LogP contribution < -0.4 is 10.6 Å². The number of aliphatic hydroxyl groups is 5. The molecule has 34 heavy (non-hydrogen) atoms. The third kappa shape index (κ3) is 10.9. The van der Waals surface area contributed by atoms with Crippen molar-refractivity contribution in [1.29, 1.82) is 0 Å². The average Bonchev–Trinajstić information content (AvgIpc) is 2.78. The van der Waals surface area contributed by atoms with Gasteiger partial charge in [0.25, 0.3) is 0 Å². The molecule has 5 atom stereocenters. The van der Waals surface area contributed by atoms with Gasteiger partial charge < -0.3 is 45.6 Å². The lowest BCUT2D eigenvalue weighted by Crippen LogP contribution is -2.51. The van der Waals surface area contributed by atoms with Gasteiger partial charge in [-0.1, -0.05) is 30.3 Å². The second-order valence-electron chi connectivity index (χ2n) is 8.60. The highest BCUT2D eigenvalue weighted by atomic mass is 16.6. The average molecular weight is 487 g/mol. The number of carbonyl (C=O) groups excluding carboxylic acids is 3. The van der Waals surface area contributed by atoms with E-state index in [0.717, 1.165) is 0 Å². The first-order valence-electron chi connectivity index (χ1n) is 10.6. The largest absolute Gasteiger partial charge is 0.459 e. The molecule has 0 aromatic heterocycles. The van der Waals surface area contributed by atoms with Crippen molar-refractivity contribution in [3.8, 4) is 0 Å². The Labute approximate surface area is 197 Å². The molecule has 7 N–H and O–H groups in total. The van der Waals surface area contributed by atoms with Crippen molar-refractivity contribution in [2.45, 2.75) is 69.9 Å². The summed E-state index contributed by atoms with van der Waals surface area (Å²) in [4.78, 5) is 37.0. The van der Waals surface area contributed by atoms with Crippen molar-refractivity contribution >= 4 is 18.0 Å². The molecule has 0 saturated carbocycles. The van der Waals surface area contributed by atoms with Crippen LogP contribution in [0.15, 0.2) is 30.3 Å². The normalized spacial score (nSPS) is 15.9. The van der Waals surface area contributed by atoms with Gasteiger partial charge in [-0.05, 0) is 26.3 Å². The second kappa shape index (κ2) is 13.8. The van der Waals surface area contributed by atoms with Gasteiger partial charge in [0.05, 0.1) is 19.1 Å². The van der Waals surface area contributed by atoms with Crippen LogP contribution in [0.4, 0.5) is 4.79 Å². The van der Waals surface area contributed by atoms with E-state index in [9.17, 15) is 34.8 Å². The Bertz CT molecular complexity index is 784. The standard InChI is InChI=1S/C22H34N2O10/c1-22(2,3)34-21(32)24-14(20(31)33-12-13-7-5-4-6-8-13)9-17(28)23-10-15(26)18(29)19(30)16(27)11-25/h4-8,14-16,18-19,25-27,29-30H,9-12H2,1-3H3,(H,23,28)(H,24,32). The molecule has 0 heterocycles. The number of esters is 1. The third-order valence-corrected chi connectivity index (χ3v) is 4.42. The molecule has 0 bridgehead atoms. The highest BCUT2D eigenvalue weighted by Crippen LogP contribution is 2.09. The summed E-state index contributed by atoms with van der Waals surface area (Å²) in [7, 11) is 0. The van der Waals surface area contributed by atoms with Gasteiger partial charge in [0.1, 0.15) is 36.6 Å². The number of alkyl carbamates (subject to hydrolysis) is 1. The van der Waals surface area contributed by atoms with Crippen LogP contribution in [0.3, 0.4) is 0 Å². The first-order chi connectivity index (χ1) is 15.8. The molecular formula is C22H34N2O10. The summed E-state index contributed by atoms with van der Waals surface area (Å²) in [5, 5.41) is 52.0. The lowest BCUT2D eigenvalue weighted by atomic mass is 10.0. The number of benzene rings is 1. The van der Waals surface area contributed by atoms with E-state index in [0.29, 0.717) is 5.56 Å². The van der Waals surface area contributed by atoms with E-state index in [4.69, 9.17) is 14.6 Å². The van der Waals surface area contributed by atoms with E-state index in [1.165, 1.54) is 0 Å². The molecule has 12 nitrogen and oxygen atoms in total. The molecule has 0 aliphatic heterocycles. The molecule has 2 amide bonds. The number of carbonyl (C=O) groups is 3. The summed E-state index contributed by atoms with van der Waals surface area (Å²) >= 11 is 0. The van der Waals surface area contributed by atoms with Crippen LogP contribution in [0.25, 0.3) is 0 Å². The van der Waals surface area contributed by atoms with Crippen molar-refractivity contribution in [1.82, 2.24) is 10.6 Å². The zero-order chi connectivity index (χ0) is 25.9. The summed E-state index contributed by atoms with van der Waals surface area (Å²) in [6.07, 6.45) is -8.62. The lowest BCUT2D eigenvalue weighted by molar-refractivity contribution is -0.149. The van der Waals surface area contributed by atoms with E-state index >= 15 is 0 Å². The molecule has 5 unspecified atom stereocenters. The van der Waals surface area contributed by atoms with Gasteiger partial charge in [0, 0.05) is 6.54 Å². The summed E-state index contributed by atoms with van der Waals surface area (Å²) in [5.41, 5.74) is -0.164. The van der Waals surface area contributed by atoms with Gasteiger partial charge in [0.2, 0.25) is 5.91 Å². The number of aliphatic hydroxyl groups excluding tert-OH is 5. The first-order valence-corrected chi connectivity index (χ1v) is 10.6. The van der Waals surface area contributed by atoms with Crippen molar-refractivity contribution in [3.05, 3.63) is 35.9 Å². The van der Waals surface area contributed by atoms with Crippen LogP contribution in [-0.2, 0) is 25.7 Å². The molecule has 0 aliphatic carbocycles. The Morgan fingerprint density at radius 2 is 1.56 bits per heavy atom. The minimum Gasteiger partial charge on any atom is -0.459 e. The van der Waals surface area contributed by atoms with Crippen molar-refractivity contribution in [3.63, 3.8) is 0 Å². The van der Waals surface area contributed by atoms with Crippen LogP contribution in [0.2, 0.25) is 0 Å². The lowest BCUT2D eigenvalue weighted by Gasteiger charge is -2.26. The number of amides is 2. The van der Waals surface area contributed by atoms with Crippen molar-refractivity contribution < 1.29 is 49.4 Å². The first kappa shape index (κ1) is 29.3. The summed E-state index contributed by atoms with van der Waals surface area (Å²) < 4.78 is 10.3. The van der Waals surface area contributed by atoms with Crippen molar-refractivity contribution in [2.24, 2.45) is 0 Å². The molecule has 1 aromatic carbocycles. The van der Waals surface area contributed by atoms with Gasteiger partial charge in [-0.25, -0.2) is 9.59 Å². The Morgan fingerprint density at radius 1 is 0.971 bits per heavy atom. The molecule has 1 rings (SSSR count). The maximum atomic E-state index is 12.6. The third-order valence-electron chi connectivity index (χ3n) is 4.42. The molecule has 0 aliphatic rings. The molecule has 1 aromatic rings. The van der Waals surface area contributed by atoms with E-state index in [2.05, 4.69) is 10.6 Å². The number of hydrogen-bond donors (Lipinski definition) is 7. The van der Waals surface area contributed by atoms with Crippen LogP contribution in [0.1, 0.15) is 32.8 Å². The second-order valence-corrected chi connectivity index (χ2v) is 8.60. The summed E-state index contributed by atoms with van der Waals surface area (Å²) in [6.45, 7) is 3.38. The van der Waals surface area contributed by atoms with Gasteiger partial charge in [-0.2, -0.15) is 0 Å². The minimum atomic E-state index is -1.87. The molecular weight excluding hydrogens is 452 g/mol. The maximum absolute atomic E-state index is 12.6. The molecule has 192 valence electrons. The summed E-state index contributed by atoms with van der Waals surface area (Å²) in [6, 6.07) is 7.34. The smallest absolute Gasteiger partial charge is 0.408 e. The maximum Gasteiger partial charge on any atom is 0.408 e. The Kier molecular flexibility index (Phi) is 11.9. The monoisotopic (exact) mass is 486 g/mol. The predicted molar refractivity (Wildman–Crippen MR) is 118 cm³/mol. The highest BCUT2D eigenvalue weighted by molar-refractivity contribution is 5.88. The zero-order valence-electron chi connectivity index (χ0n) is 19.4. The number of nitrogens with one attached hydrogen (secondary N) is 2. The fraction of sp³-hybridized carbons (Fsp3) is 0.591. The van der Waals surface area contributed by atoms with Gasteiger partial charge in [0.15, 0.2) is 0 Å². The predicted octanol–water partition coefficient (Wildman–Crippen LogP) is -1.43. The van der Waals surface area contributed by atoms with Gasteiger partial charge >= 0.3 is 12.1 Å². The number of hydrogen-bond acceptors (Lipinski definition) is 10. The van der Waals surface area contributed by atoms with E-state index in [1.807, 2.05) is 0 Å². The molecule has 0 saturated heterocycles. The molecule has 0 spiro atoms. The van der Waals surface area contributed by atoms with E-state index in [1.54, 1.807) is 51.1 Å². The Balaban J connectivity index is 2.74. The SMILES string of the molecule is CC(C)(C)OC(=O)NC(CC(=O)NCC(O)C(O)C(O)C(O)CO)C(=O)OCc1ccccc1. The summed E-state index contributed by atoms with van der Waals surface area (Å²) in [5.74, 6) is -1.69. The van der Waals surface area contributed by atoms with Crippen LogP contribution in [-0.4, -0.2) is 92.7 Å². The highest BCUT2D eigenvalue weighted by Gasteiger charge is 2.31. The van der Waals surface area contributed by atoms with Crippen LogP contribution >= 0.6 is 0 Å². The van der Waals surface area contributed by atoms with E-state index in [-0.39, 0.29) is 6.61 Å². The Hall–Kier alpha value is -2.77. The molecule has 0 radical (unpaired) electrons. The topological polar surface area (TPSA) is 195 Å². The van der Waals surface area contributed by atoms with Crippen LogP contribution in [0.5, 0.6) is 0 Å². The number of rotatable bonds is 12. The zero-order valence-corrected chi connectivity index (χ0v) is 19.4. The molecule has 12 heteroatoms. The minimum absolute atomic E-state index is 0.0935. The number of ether oxygens (including phenoxy) is 2. The fourth-order valence-corrected chi connectivity index (χ4v) is 2.63. The van der Waals surface area contributed by atoms with Crippen LogP contribution in [0, 0.1) is 0 Å².